The van der Waals surface area contributed by atoms with Gasteiger partial charge < -0.3 is 0 Å². The van der Waals surface area contributed by atoms with E-state index in [0.29, 0.717) is 30.2 Å². The monoisotopic (exact) mass is 359 g/mol. The van der Waals surface area contributed by atoms with Gasteiger partial charge in [-0.1, -0.05) is 18.5 Å². The van der Waals surface area contributed by atoms with Crippen LogP contribution in [0.4, 0.5) is 0 Å². The fourth-order valence-electron chi connectivity index (χ4n) is 2.40. The highest BCUT2D eigenvalue weighted by Gasteiger charge is 2.20. The van der Waals surface area contributed by atoms with Crippen LogP contribution in [0, 0.1) is 6.92 Å². The van der Waals surface area contributed by atoms with Crippen LogP contribution >= 0.6 is 11.6 Å². The normalized spacial score (nSPS) is 13.4. The van der Waals surface area contributed by atoms with Gasteiger partial charge in [0.25, 0.3) is 0 Å². The number of hydrogen-bond donors (Lipinski definition) is 1. The first kappa shape index (κ1) is 18.0. The van der Waals surface area contributed by atoms with E-state index in [4.69, 9.17) is 11.6 Å². The summed E-state index contributed by atoms with van der Waals surface area (Å²) in [5.74, 6) is 0. The molecule has 0 aromatic carbocycles. The van der Waals surface area contributed by atoms with Gasteiger partial charge in [0, 0.05) is 25.5 Å². The van der Waals surface area contributed by atoms with Crippen molar-refractivity contribution in [2.75, 3.05) is 6.54 Å². The predicted molar refractivity (Wildman–Crippen MR) is 89.0 cm³/mol. The largest absolute Gasteiger partial charge is 0.271 e. The van der Waals surface area contributed by atoms with Crippen molar-refractivity contribution in [3.8, 4) is 0 Å². The molecule has 0 bridgehead atoms. The van der Waals surface area contributed by atoms with E-state index < -0.39 is 10.0 Å². The molecule has 1 N–H and O–H groups in total. The van der Waals surface area contributed by atoms with Crippen LogP contribution in [0.15, 0.2) is 23.5 Å². The number of nitrogens with one attached hydrogen (secondary N) is 1. The van der Waals surface area contributed by atoms with Gasteiger partial charge >= 0.3 is 0 Å². The van der Waals surface area contributed by atoms with Crippen molar-refractivity contribution in [3.05, 3.63) is 29.3 Å². The number of aromatic nitrogens is 4. The SMILES string of the molecule is CC[C@H](CCNS(=O)(=O)c1cn(CC)nc1C)n1cc(Cl)cn1. The molecule has 0 unspecified atom stereocenters. The zero-order valence-corrected chi connectivity index (χ0v) is 15.1. The van der Waals surface area contributed by atoms with E-state index in [1.54, 1.807) is 34.9 Å². The van der Waals surface area contributed by atoms with E-state index in [1.165, 1.54) is 0 Å². The topological polar surface area (TPSA) is 81.8 Å². The Labute approximate surface area is 141 Å². The summed E-state index contributed by atoms with van der Waals surface area (Å²) in [5, 5.41) is 8.93. The summed E-state index contributed by atoms with van der Waals surface area (Å²) in [6.07, 6.45) is 6.36. The lowest BCUT2D eigenvalue weighted by Crippen LogP contribution is -2.27. The third kappa shape index (κ3) is 4.33. The minimum Gasteiger partial charge on any atom is -0.271 e. The van der Waals surface area contributed by atoms with Gasteiger partial charge in [-0.15, -0.1) is 0 Å². The Kier molecular flexibility index (Phi) is 5.83. The number of hydrogen-bond acceptors (Lipinski definition) is 4. The molecule has 2 heterocycles. The van der Waals surface area contributed by atoms with E-state index >= 15 is 0 Å². The van der Waals surface area contributed by atoms with Gasteiger partial charge in [0.05, 0.1) is 23.0 Å². The van der Waals surface area contributed by atoms with E-state index in [1.807, 2.05) is 13.8 Å². The molecule has 23 heavy (non-hydrogen) atoms. The standard InChI is InChI=1S/C14H22ClN5O2S/c1-4-13(20-9-12(15)8-16-20)6-7-17-23(21,22)14-10-19(5-2)18-11(14)3/h8-10,13,17H,4-7H2,1-3H3/t13-/m1/s1. The Bertz CT molecular complexity index is 753. The Morgan fingerprint density at radius 1 is 1.35 bits per heavy atom. The highest BCUT2D eigenvalue weighted by molar-refractivity contribution is 7.89. The summed E-state index contributed by atoms with van der Waals surface area (Å²) < 4.78 is 30.8. The molecule has 0 saturated heterocycles. The highest BCUT2D eigenvalue weighted by atomic mass is 35.5. The molecule has 9 heteroatoms. The van der Waals surface area contributed by atoms with Crippen LogP contribution in [0.3, 0.4) is 0 Å². The minimum absolute atomic E-state index is 0.102. The number of sulfonamides is 1. The average Bonchev–Trinajstić information content (AvgIpc) is 3.09. The molecule has 0 aliphatic heterocycles. The van der Waals surface area contributed by atoms with Crippen LogP contribution in [0.2, 0.25) is 5.02 Å². The van der Waals surface area contributed by atoms with Gasteiger partial charge in [-0.3, -0.25) is 9.36 Å². The van der Waals surface area contributed by atoms with Crippen molar-refractivity contribution < 1.29 is 8.42 Å². The molecule has 7 nitrogen and oxygen atoms in total. The van der Waals surface area contributed by atoms with Crippen LogP contribution in [0.25, 0.3) is 0 Å². The second kappa shape index (κ2) is 7.46. The fraction of sp³-hybridized carbons (Fsp3) is 0.571. The molecule has 0 saturated carbocycles. The molecular formula is C14H22ClN5O2S. The second-order valence-corrected chi connectivity index (χ2v) is 7.49. The lowest BCUT2D eigenvalue weighted by molar-refractivity contribution is 0.412. The molecule has 0 aliphatic carbocycles. The van der Waals surface area contributed by atoms with Crippen LogP contribution in [0.1, 0.15) is 38.4 Å². The summed E-state index contributed by atoms with van der Waals surface area (Å²) >= 11 is 5.88. The Balaban J connectivity index is 2.00. The maximum absolute atomic E-state index is 12.4. The van der Waals surface area contributed by atoms with E-state index in [-0.39, 0.29) is 10.9 Å². The number of halogens is 1. The zero-order chi connectivity index (χ0) is 17.0. The van der Waals surface area contributed by atoms with Crippen LogP contribution < -0.4 is 4.72 Å². The van der Waals surface area contributed by atoms with Crippen molar-refractivity contribution in [1.82, 2.24) is 24.3 Å². The van der Waals surface area contributed by atoms with Gasteiger partial charge in [-0.2, -0.15) is 10.2 Å². The molecule has 2 rings (SSSR count). The van der Waals surface area contributed by atoms with Gasteiger partial charge in [0.2, 0.25) is 10.0 Å². The van der Waals surface area contributed by atoms with Crippen LogP contribution in [0.5, 0.6) is 0 Å². The molecule has 0 radical (unpaired) electrons. The highest BCUT2D eigenvalue weighted by Crippen LogP contribution is 2.18. The van der Waals surface area contributed by atoms with Crippen molar-refractivity contribution in [2.24, 2.45) is 0 Å². The first-order valence-electron chi connectivity index (χ1n) is 7.60. The van der Waals surface area contributed by atoms with Crippen molar-refractivity contribution in [2.45, 2.75) is 51.1 Å². The summed E-state index contributed by atoms with van der Waals surface area (Å²) in [7, 11) is -3.55. The molecule has 2 aromatic rings. The lowest BCUT2D eigenvalue weighted by atomic mass is 10.1. The summed E-state index contributed by atoms with van der Waals surface area (Å²) in [6, 6.07) is 0.102. The molecule has 0 fully saturated rings. The van der Waals surface area contributed by atoms with Gasteiger partial charge in [0.1, 0.15) is 4.90 Å². The second-order valence-electron chi connectivity index (χ2n) is 5.32. The molecule has 0 amide bonds. The van der Waals surface area contributed by atoms with Gasteiger partial charge in [0.15, 0.2) is 0 Å². The fourth-order valence-corrected chi connectivity index (χ4v) is 3.78. The van der Waals surface area contributed by atoms with Crippen LogP contribution in [-0.2, 0) is 16.6 Å². The first-order chi connectivity index (χ1) is 10.9. The predicted octanol–water partition coefficient (Wildman–Crippen LogP) is 2.38. The Morgan fingerprint density at radius 2 is 2.09 bits per heavy atom. The smallest absolute Gasteiger partial charge is 0.243 e. The average molecular weight is 360 g/mol. The molecule has 128 valence electrons. The maximum atomic E-state index is 12.4. The number of nitrogens with zero attached hydrogens (tertiary/aromatic N) is 4. The first-order valence-corrected chi connectivity index (χ1v) is 9.46. The maximum Gasteiger partial charge on any atom is 0.243 e. The van der Waals surface area contributed by atoms with Crippen molar-refractivity contribution >= 4 is 21.6 Å². The van der Waals surface area contributed by atoms with E-state index in [2.05, 4.69) is 14.9 Å². The van der Waals surface area contributed by atoms with Gasteiger partial charge in [-0.05, 0) is 26.7 Å². The Morgan fingerprint density at radius 3 is 2.61 bits per heavy atom. The van der Waals surface area contributed by atoms with Gasteiger partial charge in [-0.25, -0.2) is 13.1 Å². The summed E-state index contributed by atoms with van der Waals surface area (Å²) in [5.41, 5.74) is 0.505. The molecule has 0 spiro atoms. The van der Waals surface area contributed by atoms with E-state index in [9.17, 15) is 8.42 Å². The lowest BCUT2D eigenvalue weighted by Gasteiger charge is -2.15. The Hall–Kier alpha value is -1.38. The molecule has 0 aliphatic rings. The van der Waals surface area contributed by atoms with Crippen molar-refractivity contribution in [1.29, 1.82) is 0 Å². The number of rotatable bonds is 8. The molecule has 1 atom stereocenters. The van der Waals surface area contributed by atoms with Crippen molar-refractivity contribution in [3.63, 3.8) is 0 Å². The third-order valence-corrected chi connectivity index (χ3v) is 5.46. The summed E-state index contributed by atoms with van der Waals surface area (Å²) in [4.78, 5) is 0.231. The molecule has 2 aromatic heterocycles. The van der Waals surface area contributed by atoms with E-state index in [0.717, 1.165) is 6.42 Å². The minimum atomic E-state index is -3.55. The quantitative estimate of drug-likeness (QED) is 0.784. The zero-order valence-electron chi connectivity index (χ0n) is 13.5. The number of aryl methyl sites for hydroxylation is 2. The third-order valence-electron chi connectivity index (χ3n) is 3.70. The molecular weight excluding hydrogens is 338 g/mol. The summed E-state index contributed by atoms with van der Waals surface area (Å²) in [6.45, 7) is 6.60. The van der Waals surface area contributed by atoms with Crippen LogP contribution in [-0.4, -0.2) is 34.5 Å².